The predicted octanol–water partition coefficient (Wildman–Crippen LogP) is 2.79. The van der Waals surface area contributed by atoms with Gasteiger partial charge in [0.1, 0.15) is 11.6 Å². The first kappa shape index (κ1) is 17.1. The van der Waals surface area contributed by atoms with Crippen LogP contribution in [-0.4, -0.2) is 18.5 Å². The molecule has 1 rings (SSSR count). The number of hydrogen-bond donors (Lipinski definition) is 2. The van der Waals surface area contributed by atoms with E-state index in [2.05, 4.69) is 10.6 Å². The van der Waals surface area contributed by atoms with Crippen LogP contribution in [0.25, 0.3) is 0 Å². The van der Waals surface area contributed by atoms with Crippen LogP contribution in [0.1, 0.15) is 25.8 Å². The van der Waals surface area contributed by atoms with Crippen LogP contribution in [0.15, 0.2) is 36.0 Å². The van der Waals surface area contributed by atoms with Gasteiger partial charge in [0.15, 0.2) is 0 Å². The van der Waals surface area contributed by atoms with E-state index >= 15 is 0 Å². The quantitative estimate of drug-likeness (QED) is 0.462. The third kappa shape index (κ3) is 6.33. The molecule has 0 heterocycles. The highest BCUT2D eigenvalue weighted by Gasteiger charge is 2.10. The van der Waals surface area contributed by atoms with Gasteiger partial charge in [0.2, 0.25) is 0 Å². The molecule has 4 nitrogen and oxygen atoms in total. The number of nitrogens with zero attached hydrogens (tertiary/aromatic N) is 1. The monoisotopic (exact) mass is 305 g/mol. The van der Waals surface area contributed by atoms with E-state index < -0.39 is 0 Å². The molecule has 0 aromatic heterocycles. The van der Waals surface area contributed by atoms with E-state index in [9.17, 15) is 4.79 Å². The molecule has 1 aromatic carbocycles. The molecule has 0 saturated heterocycles. The Hall–Kier alpha value is -1.99. The molecular weight excluding hydrogens is 286 g/mol. The fourth-order valence-corrected chi connectivity index (χ4v) is 1.72. The van der Waals surface area contributed by atoms with Gasteiger partial charge in [0.05, 0.1) is 0 Å². The highest BCUT2D eigenvalue weighted by atomic mass is 35.5. The van der Waals surface area contributed by atoms with Gasteiger partial charge in [-0.25, -0.2) is 0 Å². The molecule has 0 bridgehead atoms. The summed E-state index contributed by atoms with van der Waals surface area (Å²) in [5, 5.41) is 15.5. The maximum absolute atomic E-state index is 11.8. The fourth-order valence-electron chi connectivity index (χ4n) is 1.59. The van der Waals surface area contributed by atoms with Crippen LogP contribution in [0.3, 0.4) is 0 Å². The lowest BCUT2D eigenvalue weighted by Crippen LogP contribution is -2.33. The van der Waals surface area contributed by atoms with Crippen molar-refractivity contribution < 1.29 is 4.79 Å². The van der Waals surface area contributed by atoms with Crippen molar-refractivity contribution in [3.05, 3.63) is 46.6 Å². The van der Waals surface area contributed by atoms with E-state index in [-0.39, 0.29) is 17.5 Å². The smallest absolute Gasteiger partial charge is 0.263 e. The van der Waals surface area contributed by atoms with Gasteiger partial charge >= 0.3 is 0 Å². The predicted molar refractivity (Wildman–Crippen MR) is 84.8 cm³/mol. The Balaban J connectivity index is 2.44. The van der Waals surface area contributed by atoms with Gasteiger partial charge in [0, 0.05) is 23.8 Å². The first-order valence-corrected chi connectivity index (χ1v) is 7.33. The van der Waals surface area contributed by atoms with Gasteiger partial charge in [-0.1, -0.05) is 30.7 Å². The number of amides is 1. The summed E-state index contributed by atoms with van der Waals surface area (Å²) in [7, 11) is 0. The zero-order valence-corrected chi connectivity index (χ0v) is 13.1. The first-order chi connectivity index (χ1) is 10.1. The standard InChI is InChI=1S/C16H20ClN3O/c1-3-12(2)20-16(21)14(10-18)11-19-9-8-13-4-6-15(17)7-5-13/h4-7,11-12,19H,3,8-9H2,1-2H3,(H,20,21)/b14-11-. The third-order valence-corrected chi connectivity index (χ3v) is 3.32. The Morgan fingerprint density at radius 2 is 2.10 bits per heavy atom. The van der Waals surface area contributed by atoms with Gasteiger partial charge in [-0.05, 0) is 37.5 Å². The number of halogens is 1. The van der Waals surface area contributed by atoms with E-state index in [1.807, 2.05) is 44.2 Å². The van der Waals surface area contributed by atoms with E-state index in [0.717, 1.165) is 18.4 Å². The van der Waals surface area contributed by atoms with Crippen LogP contribution in [0, 0.1) is 11.3 Å². The minimum Gasteiger partial charge on any atom is -0.389 e. The van der Waals surface area contributed by atoms with Crippen LogP contribution in [0.2, 0.25) is 5.02 Å². The molecule has 0 fully saturated rings. The number of nitrogens with one attached hydrogen (secondary N) is 2. The van der Waals surface area contributed by atoms with Crippen LogP contribution in [-0.2, 0) is 11.2 Å². The maximum atomic E-state index is 11.8. The van der Waals surface area contributed by atoms with Gasteiger partial charge in [-0.2, -0.15) is 5.26 Å². The Morgan fingerprint density at radius 3 is 2.67 bits per heavy atom. The Labute approximate surface area is 130 Å². The summed E-state index contributed by atoms with van der Waals surface area (Å²) >= 11 is 5.82. The van der Waals surface area contributed by atoms with Crippen LogP contribution in [0.5, 0.6) is 0 Å². The average Bonchev–Trinajstić information content (AvgIpc) is 2.48. The Kier molecular flexibility index (Phi) is 7.34. The van der Waals surface area contributed by atoms with Crippen molar-refractivity contribution in [1.29, 1.82) is 5.26 Å². The van der Waals surface area contributed by atoms with Gasteiger partial charge in [0.25, 0.3) is 5.91 Å². The Bertz CT molecular complexity index is 531. The number of benzene rings is 1. The second kappa shape index (κ2) is 9.04. The van der Waals surface area contributed by atoms with Crippen molar-refractivity contribution in [3.8, 4) is 6.07 Å². The normalized spacial score (nSPS) is 12.4. The second-order valence-corrected chi connectivity index (χ2v) is 5.22. The molecule has 0 aliphatic rings. The summed E-state index contributed by atoms with van der Waals surface area (Å²) in [5.41, 5.74) is 1.23. The zero-order valence-electron chi connectivity index (χ0n) is 12.3. The van der Waals surface area contributed by atoms with Crippen molar-refractivity contribution in [2.75, 3.05) is 6.54 Å². The summed E-state index contributed by atoms with van der Waals surface area (Å²) in [6, 6.07) is 9.55. The molecule has 2 N–H and O–H groups in total. The summed E-state index contributed by atoms with van der Waals surface area (Å²) in [5.74, 6) is -0.342. The largest absolute Gasteiger partial charge is 0.389 e. The number of hydrogen-bond acceptors (Lipinski definition) is 3. The van der Waals surface area contributed by atoms with Crippen molar-refractivity contribution >= 4 is 17.5 Å². The van der Waals surface area contributed by atoms with Crippen LogP contribution < -0.4 is 10.6 Å². The fraction of sp³-hybridized carbons (Fsp3) is 0.375. The molecule has 5 heteroatoms. The molecule has 0 radical (unpaired) electrons. The minimum absolute atomic E-state index is 0.0586. The number of carbonyl (C=O) groups excluding carboxylic acids is 1. The lowest BCUT2D eigenvalue weighted by Gasteiger charge is -2.10. The molecule has 112 valence electrons. The Morgan fingerprint density at radius 1 is 1.43 bits per heavy atom. The molecular formula is C16H20ClN3O. The number of rotatable bonds is 7. The topological polar surface area (TPSA) is 64.9 Å². The van der Waals surface area contributed by atoms with E-state index in [1.165, 1.54) is 6.20 Å². The maximum Gasteiger partial charge on any atom is 0.263 e. The molecule has 0 aliphatic carbocycles. The molecule has 1 amide bonds. The van der Waals surface area contributed by atoms with E-state index in [0.29, 0.717) is 11.6 Å². The SMILES string of the molecule is CCC(C)NC(=O)/C(C#N)=C\NCCc1ccc(Cl)cc1. The minimum atomic E-state index is -0.342. The van der Waals surface area contributed by atoms with Crippen molar-refractivity contribution in [2.45, 2.75) is 32.7 Å². The molecule has 1 unspecified atom stereocenters. The highest BCUT2D eigenvalue weighted by Crippen LogP contribution is 2.09. The molecule has 1 aromatic rings. The van der Waals surface area contributed by atoms with Crippen LogP contribution >= 0.6 is 11.6 Å². The van der Waals surface area contributed by atoms with Gasteiger partial charge in [-0.15, -0.1) is 0 Å². The summed E-state index contributed by atoms with van der Waals surface area (Å²) in [4.78, 5) is 11.8. The van der Waals surface area contributed by atoms with E-state index in [1.54, 1.807) is 0 Å². The lowest BCUT2D eigenvalue weighted by atomic mass is 10.1. The summed E-state index contributed by atoms with van der Waals surface area (Å²) < 4.78 is 0. The molecule has 0 saturated carbocycles. The first-order valence-electron chi connectivity index (χ1n) is 6.95. The van der Waals surface area contributed by atoms with Gasteiger partial charge in [-0.3, -0.25) is 4.79 Å². The highest BCUT2D eigenvalue weighted by molar-refractivity contribution is 6.30. The lowest BCUT2D eigenvalue weighted by molar-refractivity contribution is -0.117. The summed E-state index contributed by atoms with van der Waals surface area (Å²) in [6.45, 7) is 4.52. The van der Waals surface area contributed by atoms with Gasteiger partial charge < -0.3 is 10.6 Å². The van der Waals surface area contributed by atoms with E-state index in [4.69, 9.17) is 16.9 Å². The van der Waals surface area contributed by atoms with Crippen molar-refractivity contribution in [2.24, 2.45) is 0 Å². The average molecular weight is 306 g/mol. The second-order valence-electron chi connectivity index (χ2n) is 4.78. The third-order valence-electron chi connectivity index (χ3n) is 3.07. The van der Waals surface area contributed by atoms with Crippen LogP contribution in [0.4, 0.5) is 0 Å². The molecule has 0 spiro atoms. The molecule has 1 atom stereocenters. The molecule has 0 aliphatic heterocycles. The molecule has 21 heavy (non-hydrogen) atoms. The number of nitriles is 1. The number of carbonyl (C=O) groups is 1. The van der Waals surface area contributed by atoms with Crippen molar-refractivity contribution in [1.82, 2.24) is 10.6 Å². The summed E-state index contributed by atoms with van der Waals surface area (Å²) in [6.07, 6.45) is 3.08. The van der Waals surface area contributed by atoms with Crippen molar-refractivity contribution in [3.63, 3.8) is 0 Å². The zero-order chi connectivity index (χ0) is 15.7.